The van der Waals surface area contributed by atoms with Crippen molar-refractivity contribution in [2.75, 3.05) is 6.79 Å². The predicted molar refractivity (Wildman–Crippen MR) is 17.3 cm³/mol. The highest BCUT2D eigenvalue weighted by Crippen LogP contribution is 1.75. The van der Waals surface area contributed by atoms with E-state index in [2.05, 4.69) is 20.2 Å². The molecule has 0 unspecified atom stereocenters. The Hall–Kier alpha value is -1.20. The lowest BCUT2D eigenvalue weighted by Crippen LogP contribution is -1.85. The molecular formula is CH4N4O2. The Morgan fingerprint density at radius 1 is 1.14 bits per heavy atom. The van der Waals surface area contributed by atoms with Crippen molar-refractivity contribution in [3.05, 3.63) is 0 Å². The first kappa shape index (κ1) is 5.80. The van der Waals surface area contributed by atoms with E-state index in [1.165, 1.54) is 0 Å². The van der Waals surface area contributed by atoms with Crippen molar-refractivity contribution >= 4 is 0 Å². The van der Waals surface area contributed by atoms with E-state index in [1.54, 1.807) is 0 Å². The highest BCUT2D eigenvalue weighted by atomic mass is 16.8. The van der Waals surface area contributed by atoms with Gasteiger partial charge in [-0.15, -0.1) is 0 Å². The Morgan fingerprint density at radius 3 is 1.86 bits per heavy atom. The largest absolute Gasteiger partial charge is 0.335 e. The van der Waals surface area contributed by atoms with Crippen molar-refractivity contribution in [3.8, 4) is 0 Å². The van der Waals surface area contributed by atoms with Gasteiger partial charge < -0.3 is 9.68 Å². The molecule has 0 fully saturated rings. The van der Waals surface area contributed by atoms with Crippen molar-refractivity contribution in [3.63, 3.8) is 0 Å². The Kier molecular flexibility index (Phi) is 3.98. The van der Waals surface area contributed by atoms with Gasteiger partial charge in [0.25, 0.3) is 6.79 Å². The van der Waals surface area contributed by atoms with Gasteiger partial charge in [-0.1, -0.05) is 0 Å². The maximum atomic E-state index is 6.00. The fraction of sp³-hybridized carbons (Fsp3) is 1.00. The van der Waals surface area contributed by atoms with Gasteiger partial charge in [0.15, 0.2) is 0 Å². The molecule has 0 saturated heterocycles. The molecule has 0 saturated carbocycles. The Labute approximate surface area is 39.3 Å². The van der Waals surface area contributed by atoms with Crippen LogP contribution in [0.5, 0.6) is 0 Å². The summed E-state index contributed by atoms with van der Waals surface area (Å²) >= 11 is 0. The fourth-order valence-corrected chi connectivity index (χ4v) is 0.0763. The molecule has 0 aliphatic carbocycles. The number of rotatable bonds is 4. The van der Waals surface area contributed by atoms with Crippen LogP contribution in [0.15, 0.2) is 10.6 Å². The summed E-state index contributed by atoms with van der Waals surface area (Å²) in [6.07, 6.45) is 0. The van der Waals surface area contributed by atoms with Crippen molar-refractivity contribution < 1.29 is 9.68 Å². The Balaban J connectivity index is 2.68. The van der Waals surface area contributed by atoms with Gasteiger partial charge in [0.2, 0.25) is 0 Å². The third kappa shape index (κ3) is 4.80. The van der Waals surface area contributed by atoms with E-state index in [0.717, 1.165) is 0 Å². The van der Waals surface area contributed by atoms with Gasteiger partial charge in [0.05, 0.1) is 0 Å². The van der Waals surface area contributed by atoms with Crippen molar-refractivity contribution in [1.29, 1.82) is 11.1 Å². The molecule has 40 valence electrons. The number of nitrogens with one attached hydrogen (secondary N) is 2. The van der Waals surface area contributed by atoms with Crippen LogP contribution in [0.25, 0.3) is 0 Å². The van der Waals surface area contributed by atoms with Crippen molar-refractivity contribution in [1.82, 2.24) is 0 Å². The zero-order valence-corrected chi connectivity index (χ0v) is 3.42. The highest BCUT2D eigenvalue weighted by molar-refractivity contribution is 3.83. The average molecular weight is 104 g/mol. The maximum Gasteiger partial charge on any atom is 0.284 e. The molecule has 0 heterocycles. The van der Waals surface area contributed by atoms with Gasteiger partial charge in [-0.3, -0.25) is 0 Å². The first-order valence-corrected chi connectivity index (χ1v) is 1.39. The summed E-state index contributed by atoms with van der Waals surface area (Å²) in [6.45, 7) is -0.271. The van der Waals surface area contributed by atoms with E-state index in [1.807, 2.05) is 0 Å². The molecule has 0 aromatic heterocycles. The quantitative estimate of drug-likeness (QED) is 0.240. The van der Waals surface area contributed by atoms with E-state index >= 15 is 0 Å². The maximum absolute atomic E-state index is 6.00. The molecule has 6 nitrogen and oxygen atoms in total. The monoisotopic (exact) mass is 104 g/mol. The molecule has 0 rings (SSSR count). The summed E-state index contributed by atoms with van der Waals surface area (Å²) in [7, 11) is 0. The van der Waals surface area contributed by atoms with Crippen LogP contribution in [0, 0.1) is 11.1 Å². The second-order valence-corrected chi connectivity index (χ2v) is 0.559. The summed E-state index contributed by atoms with van der Waals surface area (Å²) in [5.74, 6) is 0. The Morgan fingerprint density at radius 2 is 1.57 bits per heavy atom. The summed E-state index contributed by atoms with van der Waals surface area (Å²) in [4.78, 5) is 7.86. The fourth-order valence-electron chi connectivity index (χ4n) is 0.0763. The lowest BCUT2D eigenvalue weighted by Gasteiger charge is -1.88. The van der Waals surface area contributed by atoms with Gasteiger partial charge in [-0.2, -0.15) is 11.1 Å². The van der Waals surface area contributed by atoms with E-state index in [9.17, 15) is 0 Å². The first-order chi connectivity index (χ1) is 3.41. The smallest absolute Gasteiger partial charge is 0.284 e. The number of nitrogens with zero attached hydrogens (tertiary/aromatic N) is 2. The summed E-state index contributed by atoms with van der Waals surface area (Å²) < 4.78 is 0. The lowest BCUT2D eigenvalue weighted by atomic mass is 11.5. The SMILES string of the molecule is N=NOCON=N. The van der Waals surface area contributed by atoms with Crippen LogP contribution >= 0.6 is 0 Å². The third-order valence-electron chi connectivity index (χ3n) is 0.235. The van der Waals surface area contributed by atoms with Gasteiger partial charge >= 0.3 is 0 Å². The van der Waals surface area contributed by atoms with E-state index in [4.69, 9.17) is 11.1 Å². The normalized spacial score (nSPS) is 6.86. The first-order valence-electron chi connectivity index (χ1n) is 1.39. The van der Waals surface area contributed by atoms with E-state index < -0.39 is 0 Å². The standard InChI is InChI=1S/CH4N4O2/c2-4-6-1-7-5-3/h2-3H,1H2. The number of hydrogen-bond donors (Lipinski definition) is 2. The topological polar surface area (TPSA) is 90.9 Å². The van der Waals surface area contributed by atoms with Crippen LogP contribution in [-0.4, -0.2) is 6.79 Å². The van der Waals surface area contributed by atoms with Crippen LogP contribution in [0.1, 0.15) is 0 Å². The molecule has 0 aliphatic heterocycles. The molecule has 6 heteroatoms. The van der Waals surface area contributed by atoms with Crippen molar-refractivity contribution in [2.45, 2.75) is 0 Å². The molecule has 0 radical (unpaired) electrons. The van der Waals surface area contributed by atoms with Gasteiger partial charge in [0, 0.05) is 10.6 Å². The zero-order chi connectivity index (χ0) is 5.54. The van der Waals surface area contributed by atoms with Crippen LogP contribution < -0.4 is 0 Å². The molecule has 0 aliphatic rings. The van der Waals surface area contributed by atoms with Crippen LogP contribution in [0.2, 0.25) is 0 Å². The molecule has 2 N–H and O–H groups in total. The number of hydrogen-bond acceptors (Lipinski definition) is 6. The highest BCUT2D eigenvalue weighted by Gasteiger charge is 1.74. The minimum absolute atomic E-state index is 0.271. The minimum atomic E-state index is -0.271. The molecule has 7 heavy (non-hydrogen) atoms. The average Bonchev–Trinajstić information content (AvgIpc) is 1.69. The predicted octanol–water partition coefficient (Wildman–Crippen LogP) is 0.869. The molecule has 0 amide bonds. The zero-order valence-electron chi connectivity index (χ0n) is 3.42. The second kappa shape index (κ2) is 4.80. The van der Waals surface area contributed by atoms with Crippen molar-refractivity contribution in [2.24, 2.45) is 10.6 Å². The van der Waals surface area contributed by atoms with E-state index in [-0.39, 0.29) is 6.79 Å². The van der Waals surface area contributed by atoms with Gasteiger partial charge in [-0.05, 0) is 0 Å². The summed E-state index contributed by atoms with van der Waals surface area (Å²) in [5, 5.41) is 4.91. The van der Waals surface area contributed by atoms with E-state index in [0.29, 0.717) is 0 Å². The van der Waals surface area contributed by atoms with Crippen LogP contribution in [0.4, 0.5) is 0 Å². The van der Waals surface area contributed by atoms with Crippen LogP contribution in [0.3, 0.4) is 0 Å². The molecule has 0 bridgehead atoms. The third-order valence-corrected chi connectivity index (χ3v) is 0.235. The minimum Gasteiger partial charge on any atom is -0.335 e. The summed E-state index contributed by atoms with van der Waals surface area (Å²) in [6, 6.07) is 0. The van der Waals surface area contributed by atoms with Gasteiger partial charge in [-0.25, -0.2) is 0 Å². The molecule has 0 aromatic rings. The summed E-state index contributed by atoms with van der Waals surface area (Å²) in [5.41, 5.74) is 12.0. The molecule has 0 spiro atoms. The molecular weight excluding hydrogens is 100 g/mol. The lowest BCUT2D eigenvalue weighted by molar-refractivity contribution is -0.0712. The molecule has 0 atom stereocenters. The van der Waals surface area contributed by atoms with Gasteiger partial charge in [0.1, 0.15) is 0 Å². The Bertz CT molecular complexity index is 54.7. The molecule has 0 aromatic carbocycles. The van der Waals surface area contributed by atoms with Crippen LogP contribution in [-0.2, 0) is 9.68 Å². The second-order valence-electron chi connectivity index (χ2n) is 0.559.